The van der Waals surface area contributed by atoms with Crippen LogP contribution in [0.3, 0.4) is 0 Å². The summed E-state index contributed by atoms with van der Waals surface area (Å²) in [6.07, 6.45) is 3.99. The van der Waals surface area contributed by atoms with Crippen molar-refractivity contribution in [2.24, 2.45) is 0 Å². The topological polar surface area (TPSA) is 46.2 Å². The predicted molar refractivity (Wildman–Crippen MR) is 45.4 cm³/mol. The second-order valence-electron chi connectivity index (χ2n) is 3.04. The Balaban J connectivity index is 2.58. The molecule has 0 radical (unpaired) electrons. The SMILES string of the molecule is C=C1CCCCCC(=O)NC1=O. The Bertz CT molecular complexity index is 221. The van der Waals surface area contributed by atoms with Gasteiger partial charge in [0, 0.05) is 12.0 Å². The molecule has 1 saturated heterocycles. The lowest BCUT2D eigenvalue weighted by Crippen LogP contribution is -2.30. The maximum atomic E-state index is 11.1. The van der Waals surface area contributed by atoms with Crippen LogP contribution in [0.25, 0.3) is 0 Å². The lowest BCUT2D eigenvalue weighted by molar-refractivity contribution is -0.128. The van der Waals surface area contributed by atoms with E-state index in [0.29, 0.717) is 18.4 Å². The van der Waals surface area contributed by atoms with Gasteiger partial charge < -0.3 is 0 Å². The summed E-state index contributed by atoms with van der Waals surface area (Å²) >= 11 is 0. The number of nitrogens with one attached hydrogen (secondary N) is 1. The number of carbonyl (C=O) groups excluding carboxylic acids is 2. The molecule has 12 heavy (non-hydrogen) atoms. The monoisotopic (exact) mass is 167 g/mol. The highest BCUT2D eigenvalue weighted by Gasteiger charge is 2.12. The van der Waals surface area contributed by atoms with Crippen LogP contribution in [0.5, 0.6) is 0 Å². The van der Waals surface area contributed by atoms with Crippen molar-refractivity contribution in [3.8, 4) is 0 Å². The highest BCUT2D eigenvalue weighted by Crippen LogP contribution is 2.11. The molecule has 0 aromatic heterocycles. The van der Waals surface area contributed by atoms with E-state index in [-0.39, 0.29) is 11.8 Å². The molecule has 3 nitrogen and oxygen atoms in total. The molecule has 0 atom stereocenters. The molecule has 1 N–H and O–H groups in total. The fraction of sp³-hybridized carbons (Fsp3) is 0.556. The molecule has 0 spiro atoms. The zero-order valence-electron chi connectivity index (χ0n) is 7.06. The van der Waals surface area contributed by atoms with E-state index in [1.54, 1.807) is 0 Å². The number of amides is 2. The Morgan fingerprint density at radius 2 is 1.75 bits per heavy atom. The third-order valence-corrected chi connectivity index (χ3v) is 1.96. The van der Waals surface area contributed by atoms with Gasteiger partial charge in [0.25, 0.3) is 5.91 Å². The van der Waals surface area contributed by atoms with Crippen LogP contribution in [0.4, 0.5) is 0 Å². The van der Waals surface area contributed by atoms with Crippen molar-refractivity contribution in [1.29, 1.82) is 0 Å². The van der Waals surface area contributed by atoms with E-state index in [1.807, 2.05) is 0 Å². The molecule has 0 bridgehead atoms. The van der Waals surface area contributed by atoms with Gasteiger partial charge in [0.1, 0.15) is 0 Å². The average molecular weight is 167 g/mol. The van der Waals surface area contributed by atoms with Crippen molar-refractivity contribution < 1.29 is 9.59 Å². The zero-order valence-corrected chi connectivity index (χ0v) is 7.06. The second kappa shape index (κ2) is 4.04. The van der Waals surface area contributed by atoms with E-state index in [4.69, 9.17) is 0 Å². The van der Waals surface area contributed by atoms with Crippen molar-refractivity contribution in [2.45, 2.75) is 32.1 Å². The van der Waals surface area contributed by atoms with Gasteiger partial charge in [-0.3, -0.25) is 14.9 Å². The summed E-state index contributed by atoms with van der Waals surface area (Å²) in [4.78, 5) is 22.1. The lowest BCUT2D eigenvalue weighted by Gasteiger charge is -2.01. The summed E-state index contributed by atoms with van der Waals surface area (Å²) < 4.78 is 0. The van der Waals surface area contributed by atoms with Crippen molar-refractivity contribution in [2.75, 3.05) is 0 Å². The van der Waals surface area contributed by atoms with Gasteiger partial charge in [-0.25, -0.2) is 0 Å². The number of rotatable bonds is 0. The Kier molecular flexibility index (Phi) is 3.02. The van der Waals surface area contributed by atoms with Gasteiger partial charge in [0.05, 0.1) is 0 Å². The molecule has 2 amide bonds. The highest BCUT2D eigenvalue weighted by atomic mass is 16.2. The number of hydrogen-bond donors (Lipinski definition) is 1. The van der Waals surface area contributed by atoms with E-state index in [0.717, 1.165) is 19.3 Å². The minimum atomic E-state index is -0.304. The van der Waals surface area contributed by atoms with Gasteiger partial charge in [-0.1, -0.05) is 13.0 Å². The molecule has 0 aromatic carbocycles. The first-order chi connectivity index (χ1) is 5.70. The van der Waals surface area contributed by atoms with Crippen molar-refractivity contribution in [3.63, 3.8) is 0 Å². The molecule has 0 saturated carbocycles. The lowest BCUT2D eigenvalue weighted by atomic mass is 10.1. The summed E-state index contributed by atoms with van der Waals surface area (Å²) in [6.45, 7) is 3.61. The van der Waals surface area contributed by atoms with Crippen molar-refractivity contribution in [1.82, 2.24) is 5.32 Å². The largest absolute Gasteiger partial charge is 0.293 e. The highest BCUT2D eigenvalue weighted by molar-refractivity contribution is 6.03. The van der Waals surface area contributed by atoms with Crippen LogP contribution in [-0.2, 0) is 9.59 Å². The molecule has 0 aromatic rings. The van der Waals surface area contributed by atoms with E-state index < -0.39 is 0 Å². The average Bonchev–Trinajstić information content (AvgIpc) is 2.07. The van der Waals surface area contributed by atoms with Crippen LogP contribution in [0, 0.1) is 0 Å². The van der Waals surface area contributed by atoms with Gasteiger partial charge in [0.15, 0.2) is 0 Å². The van der Waals surface area contributed by atoms with Crippen LogP contribution >= 0.6 is 0 Å². The Morgan fingerprint density at radius 3 is 2.50 bits per heavy atom. The van der Waals surface area contributed by atoms with Crippen molar-refractivity contribution >= 4 is 11.8 Å². The van der Waals surface area contributed by atoms with Gasteiger partial charge in [0.2, 0.25) is 5.91 Å². The summed E-state index contributed by atoms with van der Waals surface area (Å²) in [5, 5.41) is 2.29. The predicted octanol–water partition coefficient (Wildman–Crippen LogP) is 1.15. The molecule has 1 aliphatic heterocycles. The van der Waals surface area contributed by atoms with Crippen LogP contribution in [-0.4, -0.2) is 11.8 Å². The van der Waals surface area contributed by atoms with Crippen LogP contribution in [0.15, 0.2) is 12.2 Å². The Morgan fingerprint density at radius 1 is 1.08 bits per heavy atom. The van der Waals surface area contributed by atoms with E-state index in [2.05, 4.69) is 11.9 Å². The molecule has 1 rings (SSSR count). The van der Waals surface area contributed by atoms with Crippen molar-refractivity contribution in [3.05, 3.63) is 12.2 Å². The molecule has 66 valence electrons. The molecular weight excluding hydrogens is 154 g/mol. The first kappa shape index (κ1) is 8.97. The maximum Gasteiger partial charge on any atom is 0.253 e. The Hall–Kier alpha value is -1.12. The molecule has 1 aliphatic rings. The molecular formula is C9H13NO2. The van der Waals surface area contributed by atoms with Crippen LogP contribution in [0.1, 0.15) is 32.1 Å². The number of hydrogen-bond acceptors (Lipinski definition) is 2. The summed E-state index contributed by atoms with van der Waals surface area (Å²) in [7, 11) is 0. The minimum absolute atomic E-state index is 0.178. The van der Waals surface area contributed by atoms with Gasteiger partial charge >= 0.3 is 0 Å². The smallest absolute Gasteiger partial charge is 0.253 e. The fourth-order valence-corrected chi connectivity index (χ4v) is 1.19. The summed E-state index contributed by atoms with van der Waals surface area (Å²) in [5.41, 5.74) is 0.519. The standard InChI is InChI=1S/C9H13NO2/c1-7-5-3-2-4-6-8(11)10-9(7)12/h1-6H2,(H,10,11,12). The molecule has 3 heteroatoms. The normalized spacial score (nSPS) is 20.8. The number of imide groups is 1. The molecule has 0 unspecified atom stereocenters. The maximum absolute atomic E-state index is 11.1. The third kappa shape index (κ3) is 2.49. The number of carbonyl (C=O) groups is 2. The first-order valence-corrected chi connectivity index (χ1v) is 4.22. The Labute approximate surface area is 71.8 Å². The third-order valence-electron chi connectivity index (χ3n) is 1.96. The molecule has 0 aliphatic carbocycles. The minimum Gasteiger partial charge on any atom is -0.293 e. The summed E-state index contributed by atoms with van der Waals surface area (Å²) in [5.74, 6) is -0.482. The van der Waals surface area contributed by atoms with Crippen LogP contribution < -0.4 is 5.32 Å². The second-order valence-corrected chi connectivity index (χ2v) is 3.04. The molecule has 1 heterocycles. The van der Waals surface area contributed by atoms with E-state index >= 15 is 0 Å². The summed E-state index contributed by atoms with van der Waals surface area (Å²) in [6, 6.07) is 0. The zero-order chi connectivity index (χ0) is 8.97. The molecule has 1 fully saturated rings. The van der Waals surface area contributed by atoms with Crippen LogP contribution in [0.2, 0.25) is 0 Å². The van der Waals surface area contributed by atoms with E-state index in [1.165, 1.54) is 0 Å². The fourth-order valence-electron chi connectivity index (χ4n) is 1.19. The first-order valence-electron chi connectivity index (χ1n) is 4.22. The van der Waals surface area contributed by atoms with Gasteiger partial charge in [-0.2, -0.15) is 0 Å². The van der Waals surface area contributed by atoms with E-state index in [9.17, 15) is 9.59 Å². The quantitative estimate of drug-likeness (QED) is 0.434. The van der Waals surface area contributed by atoms with Gasteiger partial charge in [-0.05, 0) is 19.3 Å². The van der Waals surface area contributed by atoms with Gasteiger partial charge in [-0.15, -0.1) is 0 Å².